The van der Waals surface area contributed by atoms with Crippen molar-refractivity contribution in [1.29, 1.82) is 0 Å². The van der Waals surface area contributed by atoms with E-state index >= 15 is 0 Å². The van der Waals surface area contributed by atoms with E-state index in [2.05, 4.69) is 5.32 Å². The van der Waals surface area contributed by atoms with Gasteiger partial charge in [0.1, 0.15) is 5.82 Å². The topological polar surface area (TPSA) is 92.4 Å². The number of aliphatic hydroxyl groups is 1. The van der Waals surface area contributed by atoms with E-state index < -0.39 is 27.5 Å². The summed E-state index contributed by atoms with van der Waals surface area (Å²) in [5.41, 5.74) is -0.641. The third-order valence-corrected chi connectivity index (χ3v) is 3.68. The zero-order chi connectivity index (χ0) is 14.1. The summed E-state index contributed by atoms with van der Waals surface area (Å²) in [6.07, 6.45) is -0.713. The van der Waals surface area contributed by atoms with Gasteiger partial charge in [-0.2, -0.15) is 0 Å². The molecule has 0 bridgehead atoms. The molecule has 102 valence electrons. The van der Waals surface area contributed by atoms with Crippen molar-refractivity contribution in [2.24, 2.45) is 5.14 Å². The Bertz CT molecular complexity index is 541. The Morgan fingerprint density at radius 2 is 2.00 bits per heavy atom. The predicted octanol–water partition coefficient (Wildman–Crippen LogP) is 1.04. The lowest BCUT2D eigenvalue weighted by atomic mass is 9.98. The van der Waals surface area contributed by atoms with E-state index in [0.29, 0.717) is 0 Å². The number of halogens is 1. The molecule has 0 radical (unpaired) electrons. The first kappa shape index (κ1) is 14.9. The lowest BCUT2D eigenvalue weighted by molar-refractivity contribution is 0.133. The Morgan fingerprint density at radius 3 is 2.39 bits per heavy atom. The number of aliphatic hydroxyl groups excluding tert-OH is 1. The summed E-state index contributed by atoms with van der Waals surface area (Å²) >= 11 is 0. The van der Waals surface area contributed by atoms with Gasteiger partial charge in [0.25, 0.3) is 0 Å². The molecule has 4 N–H and O–H groups in total. The number of benzene rings is 1. The Labute approximate surface area is 106 Å². The maximum absolute atomic E-state index is 13.7. The molecule has 1 aromatic carbocycles. The molecule has 1 atom stereocenters. The van der Waals surface area contributed by atoms with E-state index in [0.717, 1.165) is 6.07 Å². The Hall–Kier alpha value is -1.18. The van der Waals surface area contributed by atoms with Gasteiger partial charge in [-0.3, -0.25) is 0 Å². The predicted molar refractivity (Wildman–Crippen MR) is 67.2 cm³/mol. The van der Waals surface area contributed by atoms with Gasteiger partial charge in [0.15, 0.2) is 0 Å². The van der Waals surface area contributed by atoms with Crippen molar-refractivity contribution in [2.75, 3.05) is 5.32 Å². The minimum absolute atomic E-state index is 0.105. The van der Waals surface area contributed by atoms with Gasteiger partial charge in [0.05, 0.1) is 22.2 Å². The van der Waals surface area contributed by atoms with E-state index in [1.807, 2.05) is 0 Å². The van der Waals surface area contributed by atoms with Crippen LogP contribution >= 0.6 is 0 Å². The Kier molecular flexibility index (Phi) is 3.99. The molecule has 7 heteroatoms. The molecule has 0 aromatic heterocycles. The average Bonchev–Trinajstić information content (AvgIpc) is 2.19. The summed E-state index contributed by atoms with van der Waals surface area (Å²) in [4.78, 5) is -0.291. The van der Waals surface area contributed by atoms with Crippen molar-refractivity contribution in [2.45, 2.75) is 37.3 Å². The number of primary sulfonamides is 1. The van der Waals surface area contributed by atoms with E-state index in [1.165, 1.54) is 12.1 Å². The summed E-state index contributed by atoms with van der Waals surface area (Å²) < 4.78 is 35.8. The number of nitrogens with one attached hydrogen (secondary N) is 1. The van der Waals surface area contributed by atoms with Gasteiger partial charge in [-0.05, 0) is 39.0 Å². The largest absolute Gasteiger partial charge is 0.391 e. The van der Waals surface area contributed by atoms with Crippen LogP contribution in [0.3, 0.4) is 0 Å². The van der Waals surface area contributed by atoms with Crippen LogP contribution in [0.2, 0.25) is 0 Å². The van der Waals surface area contributed by atoms with Crippen LogP contribution in [-0.2, 0) is 10.0 Å². The number of rotatable bonds is 4. The van der Waals surface area contributed by atoms with Crippen LogP contribution in [0, 0.1) is 5.82 Å². The molecule has 0 heterocycles. The van der Waals surface area contributed by atoms with Crippen LogP contribution in [0.1, 0.15) is 20.8 Å². The van der Waals surface area contributed by atoms with Crippen LogP contribution in [0.25, 0.3) is 0 Å². The quantitative estimate of drug-likeness (QED) is 0.766. The summed E-state index contributed by atoms with van der Waals surface area (Å²) in [6, 6.07) is 3.33. The molecule has 1 unspecified atom stereocenters. The van der Waals surface area contributed by atoms with Crippen LogP contribution in [0.15, 0.2) is 23.1 Å². The van der Waals surface area contributed by atoms with Crippen molar-refractivity contribution in [3.8, 4) is 0 Å². The summed E-state index contributed by atoms with van der Waals surface area (Å²) in [6.45, 7) is 4.97. The first-order chi connectivity index (χ1) is 8.04. The molecule has 0 spiro atoms. The van der Waals surface area contributed by atoms with Crippen LogP contribution < -0.4 is 10.5 Å². The highest BCUT2D eigenvalue weighted by Gasteiger charge is 2.25. The van der Waals surface area contributed by atoms with E-state index in [-0.39, 0.29) is 10.6 Å². The Morgan fingerprint density at radius 1 is 1.44 bits per heavy atom. The fourth-order valence-electron chi connectivity index (χ4n) is 1.23. The highest BCUT2D eigenvalue weighted by molar-refractivity contribution is 7.89. The molecular weight excluding hydrogens is 259 g/mol. The van der Waals surface area contributed by atoms with Crippen molar-refractivity contribution in [1.82, 2.24) is 0 Å². The summed E-state index contributed by atoms with van der Waals surface area (Å²) in [5.74, 6) is -0.741. The van der Waals surface area contributed by atoms with Crippen molar-refractivity contribution < 1.29 is 17.9 Å². The highest BCUT2D eigenvalue weighted by Crippen LogP contribution is 2.23. The molecule has 18 heavy (non-hydrogen) atoms. The molecule has 0 amide bonds. The number of nitrogens with two attached hydrogens (primary N) is 1. The monoisotopic (exact) mass is 276 g/mol. The number of hydrogen-bond acceptors (Lipinski definition) is 4. The first-order valence-corrected chi connectivity index (χ1v) is 6.87. The number of sulfonamides is 1. The van der Waals surface area contributed by atoms with E-state index in [1.54, 1.807) is 20.8 Å². The van der Waals surface area contributed by atoms with Crippen LogP contribution in [0.4, 0.5) is 10.1 Å². The highest BCUT2D eigenvalue weighted by atomic mass is 32.2. The fourth-order valence-corrected chi connectivity index (χ4v) is 1.75. The molecule has 0 aliphatic heterocycles. The second-order valence-corrected chi connectivity index (χ2v) is 6.27. The van der Waals surface area contributed by atoms with Crippen LogP contribution in [0.5, 0.6) is 0 Å². The van der Waals surface area contributed by atoms with Gasteiger partial charge < -0.3 is 10.4 Å². The summed E-state index contributed by atoms with van der Waals surface area (Å²) in [7, 11) is -3.92. The van der Waals surface area contributed by atoms with Gasteiger partial charge in [0, 0.05) is 0 Å². The maximum Gasteiger partial charge on any atom is 0.238 e. The van der Waals surface area contributed by atoms with Crippen LogP contribution in [-0.4, -0.2) is 25.2 Å². The first-order valence-electron chi connectivity index (χ1n) is 5.32. The number of anilines is 1. The second-order valence-electron chi connectivity index (χ2n) is 4.71. The number of hydrogen-bond donors (Lipinski definition) is 3. The van der Waals surface area contributed by atoms with Gasteiger partial charge in [-0.15, -0.1) is 0 Å². The van der Waals surface area contributed by atoms with E-state index in [9.17, 15) is 17.9 Å². The average molecular weight is 276 g/mol. The minimum atomic E-state index is -3.92. The molecule has 0 saturated heterocycles. The SMILES string of the molecule is CC(O)C(C)(C)Nc1ccc(S(N)(=O)=O)cc1F. The molecule has 0 saturated carbocycles. The van der Waals surface area contributed by atoms with Crippen molar-refractivity contribution in [3.63, 3.8) is 0 Å². The molecule has 0 aliphatic carbocycles. The zero-order valence-corrected chi connectivity index (χ0v) is 11.3. The van der Waals surface area contributed by atoms with Crippen molar-refractivity contribution >= 4 is 15.7 Å². The van der Waals surface area contributed by atoms with Gasteiger partial charge in [0.2, 0.25) is 10.0 Å². The Balaban J connectivity index is 3.08. The molecule has 0 fully saturated rings. The third-order valence-electron chi connectivity index (χ3n) is 2.77. The molecule has 5 nitrogen and oxygen atoms in total. The van der Waals surface area contributed by atoms with Gasteiger partial charge >= 0.3 is 0 Å². The maximum atomic E-state index is 13.7. The smallest absolute Gasteiger partial charge is 0.238 e. The van der Waals surface area contributed by atoms with Gasteiger partial charge in [-0.25, -0.2) is 17.9 Å². The van der Waals surface area contributed by atoms with Gasteiger partial charge in [-0.1, -0.05) is 0 Å². The zero-order valence-electron chi connectivity index (χ0n) is 10.4. The van der Waals surface area contributed by atoms with Crippen molar-refractivity contribution in [3.05, 3.63) is 24.0 Å². The minimum Gasteiger partial charge on any atom is -0.391 e. The lowest BCUT2D eigenvalue weighted by Gasteiger charge is -2.30. The second kappa shape index (κ2) is 4.83. The molecule has 0 aliphatic rings. The standard InChI is InChI=1S/C11H17FN2O3S/c1-7(15)11(2,3)14-10-5-4-8(6-9(10)12)18(13,16)17/h4-7,14-15H,1-3H3,(H2,13,16,17). The van der Waals surface area contributed by atoms with E-state index in [4.69, 9.17) is 5.14 Å². The molecule has 1 rings (SSSR count). The normalized spacial score (nSPS) is 14.3. The third kappa shape index (κ3) is 3.41. The fraction of sp³-hybridized carbons (Fsp3) is 0.455. The molecule has 1 aromatic rings. The molecular formula is C11H17FN2O3S. The summed E-state index contributed by atoms with van der Waals surface area (Å²) in [5, 5.41) is 17.2. The lowest BCUT2D eigenvalue weighted by Crippen LogP contribution is -2.42.